The Morgan fingerprint density at radius 1 is 1.12 bits per heavy atom. The van der Waals surface area contributed by atoms with Crippen molar-refractivity contribution in [2.75, 3.05) is 0 Å². The van der Waals surface area contributed by atoms with Crippen LogP contribution in [0.4, 0.5) is 0 Å². The number of rotatable bonds is 4. The molecule has 2 aromatic rings. The van der Waals surface area contributed by atoms with Crippen LogP contribution in [0.5, 0.6) is 0 Å². The van der Waals surface area contributed by atoms with E-state index >= 15 is 0 Å². The third kappa shape index (κ3) is 2.84. The molecule has 0 aliphatic rings. The van der Waals surface area contributed by atoms with E-state index in [-0.39, 0.29) is 0 Å². The second-order valence-corrected chi connectivity index (χ2v) is 3.59. The summed E-state index contributed by atoms with van der Waals surface area (Å²) in [6, 6.07) is 7.84. The number of aromatic nitrogens is 3. The lowest BCUT2D eigenvalue weighted by molar-refractivity contribution is 0.656. The van der Waals surface area contributed by atoms with E-state index in [1.807, 2.05) is 24.4 Å². The molecule has 0 aromatic carbocycles. The summed E-state index contributed by atoms with van der Waals surface area (Å²) in [6.45, 7) is 3.53. The Balaban J connectivity index is 1.87. The number of nitrogens with zero attached hydrogens (tertiary/aromatic N) is 3. The van der Waals surface area contributed by atoms with Gasteiger partial charge in [-0.15, -0.1) is 0 Å². The van der Waals surface area contributed by atoms with Crippen molar-refractivity contribution < 1.29 is 0 Å². The molecule has 0 saturated carbocycles. The van der Waals surface area contributed by atoms with E-state index in [4.69, 9.17) is 0 Å². The van der Waals surface area contributed by atoms with E-state index in [1.165, 1.54) is 5.56 Å². The number of pyridine rings is 1. The molecule has 0 aliphatic heterocycles. The highest BCUT2D eigenvalue weighted by atomic mass is 15.1. The SMILES string of the molecule is Cc1cccnc1CNCc1cccnn1. The van der Waals surface area contributed by atoms with Gasteiger partial charge in [0.25, 0.3) is 0 Å². The molecule has 0 saturated heterocycles. The van der Waals surface area contributed by atoms with Crippen molar-refractivity contribution >= 4 is 0 Å². The molecule has 0 bridgehead atoms. The highest BCUT2D eigenvalue weighted by Crippen LogP contribution is 2.02. The van der Waals surface area contributed by atoms with Crippen molar-refractivity contribution in [3.63, 3.8) is 0 Å². The predicted octanol–water partition coefficient (Wildman–Crippen LogP) is 1.47. The van der Waals surface area contributed by atoms with Crippen LogP contribution < -0.4 is 5.32 Å². The first-order valence-electron chi connectivity index (χ1n) is 5.24. The van der Waals surface area contributed by atoms with Crippen molar-refractivity contribution in [1.29, 1.82) is 0 Å². The molecular formula is C12H14N4. The maximum absolute atomic E-state index is 4.31. The van der Waals surface area contributed by atoms with E-state index in [2.05, 4.69) is 33.5 Å². The van der Waals surface area contributed by atoms with E-state index in [1.54, 1.807) is 6.20 Å². The Labute approximate surface area is 94.8 Å². The summed E-state index contributed by atoms with van der Waals surface area (Å²) < 4.78 is 0. The molecule has 16 heavy (non-hydrogen) atoms. The zero-order valence-corrected chi connectivity index (χ0v) is 9.22. The predicted molar refractivity (Wildman–Crippen MR) is 61.5 cm³/mol. The van der Waals surface area contributed by atoms with E-state index in [0.29, 0.717) is 6.54 Å². The molecule has 2 heterocycles. The van der Waals surface area contributed by atoms with E-state index in [9.17, 15) is 0 Å². The van der Waals surface area contributed by atoms with Gasteiger partial charge in [-0.05, 0) is 30.7 Å². The highest BCUT2D eigenvalue weighted by molar-refractivity contribution is 5.17. The summed E-state index contributed by atoms with van der Waals surface area (Å²) in [5, 5.41) is 11.1. The van der Waals surface area contributed by atoms with Gasteiger partial charge in [0.1, 0.15) is 0 Å². The molecule has 2 aromatic heterocycles. The Hall–Kier alpha value is -1.81. The van der Waals surface area contributed by atoms with Gasteiger partial charge in [-0.3, -0.25) is 4.98 Å². The van der Waals surface area contributed by atoms with Gasteiger partial charge in [-0.25, -0.2) is 0 Å². The normalized spacial score (nSPS) is 10.3. The summed E-state index contributed by atoms with van der Waals surface area (Å²) in [7, 11) is 0. The second kappa shape index (κ2) is 5.32. The van der Waals surface area contributed by atoms with Crippen molar-refractivity contribution in [3.05, 3.63) is 53.6 Å². The Bertz CT molecular complexity index is 442. The maximum atomic E-state index is 4.31. The summed E-state index contributed by atoms with van der Waals surface area (Å²) >= 11 is 0. The largest absolute Gasteiger partial charge is 0.305 e. The lowest BCUT2D eigenvalue weighted by atomic mass is 10.2. The maximum Gasteiger partial charge on any atom is 0.0769 e. The smallest absolute Gasteiger partial charge is 0.0769 e. The average molecular weight is 214 g/mol. The fourth-order valence-electron chi connectivity index (χ4n) is 1.44. The van der Waals surface area contributed by atoms with Crippen LogP contribution in [-0.4, -0.2) is 15.2 Å². The van der Waals surface area contributed by atoms with E-state index in [0.717, 1.165) is 17.9 Å². The first-order chi connectivity index (χ1) is 7.86. The lowest BCUT2D eigenvalue weighted by Gasteiger charge is -2.05. The highest BCUT2D eigenvalue weighted by Gasteiger charge is 1.98. The molecule has 4 nitrogen and oxygen atoms in total. The molecule has 2 rings (SSSR count). The molecule has 0 amide bonds. The zero-order valence-electron chi connectivity index (χ0n) is 9.22. The van der Waals surface area contributed by atoms with E-state index < -0.39 is 0 Å². The Morgan fingerprint density at radius 2 is 2.00 bits per heavy atom. The van der Waals surface area contributed by atoms with Gasteiger partial charge in [0.05, 0.1) is 11.4 Å². The van der Waals surface area contributed by atoms with Crippen LogP contribution >= 0.6 is 0 Å². The summed E-state index contributed by atoms with van der Waals surface area (Å²) in [6.07, 6.45) is 3.48. The van der Waals surface area contributed by atoms with Gasteiger partial charge < -0.3 is 5.32 Å². The van der Waals surface area contributed by atoms with Gasteiger partial charge >= 0.3 is 0 Å². The van der Waals surface area contributed by atoms with Crippen LogP contribution in [0, 0.1) is 6.92 Å². The molecule has 0 aliphatic carbocycles. The first kappa shape index (κ1) is 10.7. The van der Waals surface area contributed by atoms with Gasteiger partial charge in [0.2, 0.25) is 0 Å². The topological polar surface area (TPSA) is 50.7 Å². The van der Waals surface area contributed by atoms with Crippen molar-refractivity contribution in [1.82, 2.24) is 20.5 Å². The van der Waals surface area contributed by atoms with Crippen molar-refractivity contribution in [3.8, 4) is 0 Å². The molecule has 0 atom stereocenters. The van der Waals surface area contributed by atoms with Crippen LogP contribution in [0.15, 0.2) is 36.7 Å². The minimum Gasteiger partial charge on any atom is -0.305 e. The molecule has 0 fully saturated rings. The molecule has 0 unspecified atom stereocenters. The summed E-state index contributed by atoms with van der Waals surface area (Å²) in [5.74, 6) is 0. The van der Waals surface area contributed by atoms with Crippen LogP contribution in [0.1, 0.15) is 17.0 Å². The van der Waals surface area contributed by atoms with Gasteiger partial charge in [0, 0.05) is 25.5 Å². The molecule has 4 heteroatoms. The molecule has 0 spiro atoms. The Kier molecular flexibility index (Phi) is 3.56. The van der Waals surface area contributed by atoms with Crippen LogP contribution in [0.2, 0.25) is 0 Å². The number of nitrogens with one attached hydrogen (secondary N) is 1. The number of hydrogen-bond donors (Lipinski definition) is 1. The van der Waals surface area contributed by atoms with Gasteiger partial charge in [0.15, 0.2) is 0 Å². The van der Waals surface area contributed by atoms with Crippen LogP contribution in [-0.2, 0) is 13.1 Å². The standard InChI is InChI=1S/C12H14N4/c1-10-4-2-6-14-12(10)9-13-8-11-5-3-7-15-16-11/h2-7,13H,8-9H2,1H3. The molecule has 82 valence electrons. The van der Waals surface area contributed by atoms with Gasteiger partial charge in [-0.2, -0.15) is 10.2 Å². The van der Waals surface area contributed by atoms with Crippen LogP contribution in [0.25, 0.3) is 0 Å². The van der Waals surface area contributed by atoms with Crippen molar-refractivity contribution in [2.24, 2.45) is 0 Å². The lowest BCUT2D eigenvalue weighted by Crippen LogP contribution is -2.15. The quantitative estimate of drug-likeness (QED) is 0.837. The molecular weight excluding hydrogens is 200 g/mol. The van der Waals surface area contributed by atoms with Crippen LogP contribution in [0.3, 0.4) is 0 Å². The molecule has 1 N–H and O–H groups in total. The number of aryl methyl sites for hydroxylation is 1. The first-order valence-corrected chi connectivity index (χ1v) is 5.24. The van der Waals surface area contributed by atoms with Crippen molar-refractivity contribution in [2.45, 2.75) is 20.0 Å². The fraction of sp³-hybridized carbons (Fsp3) is 0.250. The minimum absolute atomic E-state index is 0.712. The summed E-state index contributed by atoms with van der Waals surface area (Å²) in [5.41, 5.74) is 3.22. The Morgan fingerprint density at radius 3 is 2.75 bits per heavy atom. The summed E-state index contributed by atoms with van der Waals surface area (Å²) in [4.78, 5) is 4.31. The monoisotopic (exact) mass is 214 g/mol. The second-order valence-electron chi connectivity index (χ2n) is 3.59. The zero-order chi connectivity index (χ0) is 11.2. The average Bonchev–Trinajstić information content (AvgIpc) is 2.33. The third-order valence-electron chi connectivity index (χ3n) is 2.34. The number of hydrogen-bond acceptors (Lipinski definition) is 4. The van der Waals surface area contributed by atoms with Gasteiger partial charge in [-0.1, -0.05) is 6.07 Å². The molecule has 0 radical (unpaired) electrons. The third-order valence-corrected chi connectivity index (χ3v) is 2.34. The fourth-order valence-corrected chi connectivity index (χ4v) is 1.44. The minimum atomic E-state index is 0.712.